The minimum Gasteiger partial charge on any atom is -0.452 e. The Balaban J connectivity index is 2.07. The molecule has 0 N–H and O–H groups in total. The fraction of sp³-hybridized carbons (Fsp3) is 0.167. The predicted molar refractivity (Wildman–Crippen MR) is 74.1 cm³/mol. The van der Waals surface area contributed by atoms with Crippen LogP contribution in [0.1, 0.15) is 16.2 Å². The average molecular weight is 374 g/mol. The lowest BCUT2D eigenvalue weighted by atomic mass is 10.3. The minimum atomic E-state index is -0.143. The highest BCUT2D eigenvalue weighted by molar-refractivity contribution is 9.10. The first-order chi connectivity index (χ1) is 8.56. The third kappa shape index (κ3) is 3.20. The number of aromatic nitrogens is 1. The molecule has 2 heterocycles. The fourth-order valence-electron chi connectivity index (χ4n) is 1.44. The van der Waals surface area contributed by atoms with Gasteiger partial charge in [0.15, 0.2) is 4.67 Å². The van der Waals surface area contributed by atoms with E-state index in [1.54, 1.807) is 36.3 Å². The van der Waals surface area contributed by atoms with Crippen LogP contribution in [0.15, 0.2) is 44.0 Å². The second kappa shape index (κ2) is 5.67. The predicted octanol–water partition coefficient (Wildman–Crippen LogP) is 3.47. The second-order valence-electron chi connectivity index (χ2n) is 3.73. The second-order valence-corrected chi connectivity index (χ2v) is 5.43. The van der Waals surface area contributed by atoms with Crippen molar-refractivity contribution < 1.29 is 9.21 Å². The summed E-state index contributed by atoms with van der Waals surface area (Å²) in [5.74, 6) is 0.574. The summed E-state index contributed by atoms with van der Waals surface area (Å²) >= 11 is 6.50. The van der Waals surface area contributed by atoms with Gasteiger partial charge in [0.25, 0.3) is 5.91 Å². The Morgan fingerprint density at radius 3 is 2.67 bits per heavy atom. The van der Waals surface area contributed by atoms with E-state index in [-0.39, 0.29) is 5.91 Å². The number of carbonyl (C=O) groups is 1. The maximum atomic E-state index is 12.1. The quantitative estimate of drug-likeness (QED) is 0.827. The molecule has 1 amide bonds. The number of carbonyl (C=O) groups excluding carboxylic acids is 1. The van der Waals surface area contributed by atoms with Gasteiger partial charge >= 0.3 is 0 Å². The molecule has 0 unspecified atom stereocenters. The van der Waals surface area contributed by atoms with E-state index in [9.17, 15) is 4.79 Å². The number of hydrogen-bond donors (Lipinski definition) is 0. The Hall–Kier alpha value is -1.14. The Kier molecular flexibility index (Phi) is 4.19. The summed E-state index contributed by atoms with van der Waals surface area (Å²) in [5.41, 5.74) is 0.409. The van der Waals surface area contributed by atoms with Crippen molar-refractivity contribution in [3.05, 3.63) is 51.1 Å². The van der Waals surface area contributed by atoms with Crippen LogP contribution in [0.5, 0.6) is 0 Å². The highest BCUT2D eigenvalue weighted by Gasteiger charge is 2.14. The largest absolute Gasteiger partial charge is 0.452 e. The van der Waals surface area contributed by atoms with Crippen molar-refractivity contribution >= 4 is 37.8 Å². The number of hydrogen-bond acceptors (Lipinski definition) is 3. The summed E-state index contributed by atoms with van der Waals surface area (Å²) in [6.07, 6.45) is 1.60. The molecule has 0 aliphatic heterocycles. The van der Waals surface area contributed by atoms with Crippen molar-refractivity contribution in [2.45, 2.75) is 6.54 Å². The summed E-state index contributed by atoms with van der Waals surface area (Å²) in [6.45, 7) is 0.405. The number of halogens is 2. The van der Waals surface area contributed by atoms with Gasteiger partial charge in [0, 0.05) is 17.7 Å². The van der Waals surface area contributed by atoms with Gasteiger partial charge in [-0.05, 0) is 56.1 Å². The third-order valence-electron chi connectivity index (χ3n) is 2.32. The summed E-state index contributed by atoms with van der Waals surface area (Å²) in [6, 6.07) is 7.09. The Morgan fingerprint density at radius 2 is 2.11 bits per heavy atom. The zero-order chi connectivity index (χ0) is 13.1. The molecular weight excluding hydrogens is 364 g/mol. The smallest absolute Gasteiger partial charge is 0.272 e. The molecule has 2 rings (SSSR count). The van der Waals surface area contributed by atoms with E-state index in [2.05, 4.69) is 36.8 Å². The number of amides is 1. The molecule has 0 atom stereocenters. The van der Waals surface area contributed by atoms with Crippen molar-refractivity contribution in [1.29, 1.82) is 0 Å². The van der Waals surface area contributed by atoms with Crippen LogP contribution in [0.2, 0.25) is 0 Å². The van der Waals surface area contributed by atoms with Gasteiger partial charge in [0.2, 0.25) is 0 Å². The lowest BCUT2D eigenvalue weighted by Gasteiger charge is -2.14. The maximum absolute atomic E-state index is 12.1. The van der Waals surface area contributed by atoms with Crippen LogP contribution in [0.25, 0.3) is 0 Å². The molecule has 0 bridgehead atoms. The molecule has 0 spiro atoms. The summed E-state index contributed by atoms with van der Waals surface area (Å²) in [7, 11) is 1.71. The summed E-state index contributed by atoms with van der Waals surface area (Å²) in [5, 5.41) is 0. The van der Waals surface area contributed by atoms with Gasteiger partial charge in [0.05, 0.1) is 6.54 Å². The summed E-state index contributed by atoms with van der Waals surface area (Å²) < 4.78 is 6.85. The van der Waals surface area contributed by atoms with E-state index >= 15 is 0 Å². The molecule has 0 aliphatic carbocycles. The first-order valence-electron chi connectivity index (χ1n) is 5.17. The molecule has 0 aliphatic rings. The monoisotopic (exact) mass is 372 g/mol. The molecule has 0 saturated carbocycles. The molecule has 0 radical (unpaired) electrons. The third-order valence-corrected chi connectivity index (χ3v) is 3.21. The lowest BCUT2D eigenvalue weighted by Crippen LogP contribution is -2.26. The van der Waals surface area contributed by atoms with Crippen LogP contribution >= 0.6 is 31.9 Å². The van der Waals surface area contributed by atoms with E-state index in [1.807, 2.05) is 6.07 Å². The van der Waals surface area contributed by atoms with Crippen molar-refractivity contribution in [3.8, 4) is 0 Å². The van der Waals surface area contributed by atoms with E-state index < -0.39 is 0 Å². The first-order valence-corrected chi connectivity index (χ1v) is 6.76. The van der Waals surface area contributed by atoms with Crippen molar-refractivity contribution in [1.82, 2.24) is 9.88 Å². The Morgan fingerprint density at radius 1 is 1.33 bits per heavy atom. The van der Waals surface area contributed by atoms with Crippen LogP contribution in [0, 0.1) is 0 Å². The Labute approximate surface area is 121 Å². The number of furan rings is 1. The molecule has 0 saturated heterocycles. The zero-order valence-corrected chi connectivity index (χ0v) is 12.7. The Bertz CT molecular complexity index is 551. The van der Waals surface area contributed by atoms with Gasteiger partial charge in [0.1, 0.15) is 11.5 Å². The van der Waals surface area contributed by atoms with E-state index in [4.69, 9.17) is 4.42 Å². The van der Waals surface area contributed by atoms with E-state index in [1.165, 1.54) is 0 Å². The molecule has 6 heteroatoms. The van der Waals surface area contributed by atoms with Crippen LogP contribution in [0.4, 0.5) is 0 Å². The SMILES string of the molecule is CN(Cc1ccc(Br)o1)C(=O)c1ccc(Br)cn1. The van der Waals surface area contributed by atoms with Crippen molar-refractivity contribution in [2.24, 2.45) is 0 Å². The van der Waals surface area contributed by atoms with Crippen LogP contribution in [-0.4, -0.2) is 22.8 Å². The first kappa shape index (κ1) is 13.3. The van der Waals surface area contributed by atoms with Crippen LogP contribution < -0.4 is 0 Å². The standard InChI is InChI=1S/C12H10Br2N2O2/c1-16(7-9-3-5-11(14)18-9)12(17)10-4-2-8(13)6-15-10/h2-6H,7H2,1H3. The molecule has 0 aromatic carbocycles. The van der Waals surface area contributed by atoms with Crippen LogP contribution in [0.3, 0.4) is 0 Å². The van der Waals surface area contributed by atoms with Gasteiger partial charge in [-0.2, -0.15) is 0 Å². The molecule has 18 heavy (non-hydrogen) atoms. The summed E-state index contributed by atoms with van der Waals surface area (Å²) in [4.78, 5) is 17.7. The van der Waals surface area contributed by atoms with Gasteiger partial charge in [-0.3, -0.25) is 4.79 Å². The zero-order valence-electron chi connectivity index (χ0n) is 9.56. The van der Waals surface area contributed by atoms with Gasteiger partial charge in [-0.1, -0.05) is 0 Å². The van der Waals surface area contributed by atoms with Crippen LogP contribution in [-0.2, 0) is 6.54 Å². The van der Waals surface area contributed by atoms with E-state index in [0.29, 0.717) is 16.9 Å². The van der Waals surface area contributed by atoms with E-state index in [0.717, 1.165) is 10.2 Å². The number of pyridine rings is 1. The minimum absolute atomic E-state index is 0.143. The van der Waals surface area contributed by atoms with Gasteiger partial charge in [-0.25, -0.2) is 4.98 Å². The molecule has 94 valence electrons. The lowest BCUT2D eigenvalue weighted by molar-refractivity contribution is 0.0769. The molecule has 2 aromatic heterocycles. The normalized spacial score (nSPS) is 10.4. The number of rotatable bonds is 3. The highest BCUT2D eigenvalue weighted by atomic mass is 79.9. The molecular formula is C12H10Br2N2O2. The molecule has 2 aromatic rings. The van der Waals surface area contributed by atoms with Gasteiger partial charge in [-0.15, -0.1) is 0 Å². The highest BCUT2D eigenvalue weighted by Crippen LogP contribution is 2.16. The fourth-order valence-corrected chi connectivity index (χ4v) is 2.01. The number of nitrogens with zero attached hydrogens (tertiary/aromatic N) is 2. The van der Waals surface area contributed by atoms with Gasteiger partial charge < -0.3 is 9.32 Å². The van der Waals surface area contributed by atoms with Crippen molar-refractivity contribution in [3.63, 3.8) is 0 Å². The molecule has 4 nitrogen and oxygen atoms in total. The maximum Gasteiger partial charge on any atom is 0.272 e. The topological polar surface area (TPSA) is 46.3 Å². The average Bonchev–Trinajstić information content (AvgIpc) is 2.75. The molecule has 0 fully saturated rings. The van der Waals surface area contributed by atoms with Crippen molar-refractivity contribution in [2.75, 3.05) is 7.05 Å².